The Labute approximate surface area is 353 Å². The van der Waals surface area contributed by atoms with Gasteiger partial charge in [-0.15, -0.1) is 0 Å². The van der Waals surface area contributed by atoms with E-state index in [9.17, 15) is 25.2 Å². The van der Waals surface area contributed by atoms with E-state index in [1.165, 1.54) is 89.9 Å². The van der Waals surface area contributed by atoms with Crippen LogP contribution in [0.3, 0.4) is 0 Å². The average molecular weight is 817 g/mol. The highest BCUT2D eigenvalue weighted by Crippen LogP contribution is 2.22. The molecule has 0 bridgehead atoms. The minimum absolute atomic E-state index is 0.110. The molecule has 1 aliphatic rings. The lowest BCUT2D eigenvalue weighted by Crippen LogP contribution is -2.59. The number of carbonyl (C=O) groups is 1. The van der Waals surface area contributed by atoms with Crippen molar-refractivity contribution in [2.45, 2.75) is 205 Å². The predicted molar refractivity (Wildman–Crippen MR) is 237 cm³/mol. The van der Waals surface area contributed by atoms with E-state index >= 15 is 0 Å². The first kappa shape index (κ1) is 53.6. The minimum Gasteiger partial charge on any atom is -0.457 e. The summed E-state index contributed by atoms with van der Waals surface area (Å²) in [5, 5.41) is 40.1. The van der Waals surface area contributed by atoms with Crippen LogP contribution in [0.2, 0.25) is 0 Å². The molecule has 1 rings (SSSR count). The maximum absolute atomic E-state index is 12.7. The highest BCUT2D eigenvalue weighted by Gasteiger charge is 2.44. The van der Waals surface area contributed by atoms with Gasteiger partial charge < -0.3 is 39.4 Å². The molecule has 0 saturated carbocycles. The van der Waals surface area contributed by atoms with Crippen LogP contribution in [-0.2, 0) is 23.7 Å². The van der Waals surface area contributed by atoms with E-state index in [1.807, 2.05) is 12.2 Å². The van der Waals surface area contributed by atoms with Crippen LogP contribution in [0.5, 0.6) is 0 Å². The second-order valence-electron chi connectivity index (χ2n) is 15.5. The summed E-state index contributed by atoms with van der Waals surface area (Å²) in [6.45, 7) is 4.32. The number of hydrogen-bond acceptors (Lipinski definition) is 9. The Bertz CT molecular complexity index is 1110. The van der Waals surface area contributed by atoms with Gasteiger partial charge in [-0.05, 0) is 70.6 Å². The predicted octanol–water partition coefficient (Wildman–Crippen LogP) is 10.5. The van der Waals surface area contributed by atoms with Gasteiger partial charge in [-0.25, -0.2) is 0 Å². The summed E-state index contributed by atoms with van der Waals surface area (Å²) in [4.78, 5) is 12.7. The fourth-order valence-electron chi connectivity index (χ4n) is 6.53. The van der Waals surface area contributed by atoms with E-state index < -0.39 is 49.4 Å². The van der Waals surface area contributed by atoms with Gasteiger partial charge in [0.05, 0.1) is 19.8 Å². The molecule has 1 heterocycles. The summed E-state index contributed by atoms with van der Waals surface area (Å²) in [6.07, 6.45) is 45.2. The molecule has 0 amide bonds. The second kappa shape index (κ2) is 40.1. The molecule has 0 aromatic carbocycles. The first-order valence-electron chi connectivity index (χ1n) is 23.0. The lowest BCUT2D eigenvalue weighted by atomic mass is 9.99. The third kappa shape index (κ3) is 30.6. The van der Waals surface area contributed by atoms with E-state index in [-0.39, 0.29) is 19.6 Å². The van der Waals surface area contributed by atoms with Crippen molar-refractivity contribution in [2.24, 2.45) is 0 Å². The van der Waals surface area contributed by atoms with Crippen molar-refractivity contribution in [1.29, 1.82) is 0 Å². The van der Waals surface area contributed by atoms with Crippen LogP contribution in [0.15, 0.2) is 72.9 Å². The number of hydrogen-bond donors (Lipinski definition) is 4. The van der Waals surface area contributed by atoms with Gasteiger partial charge >= 0.3 is 5.97 Å². The third-order valence-corrected chi connectivity index (χ3v) is 10.1. The zero-order valence-corrected chi connectivity index (χ0v) is 36.5. The van der Waals surface area contributed by atoms with E-state index in [2.05, 4.69) is 74.6 Å². The summed E-state index contributed by atoms with van der Waals surface area (Å²) in [5.74, 6) is -0.396. The number of carbonyl (C=O) groups excluding carboxylic acids is 1. The summed E-state index contributed by atoms with van der Waals surface area (Å²) in [6, 6.07) is 0. The molecule has 6 atom stereocenters. The minimum atomic E-state index is -1.55. The Balaban J connectivity index is 2.26. The van der Waals surface area contributed by atoms with Crippen LogP contribution in [0.4, 0.5) is 0 Å². The van der Waals surface area contributed by atoms with Crippen molar-refractivity contribution in [3.8, 4) is 0 Å². The largest absolute Gasteiger partial charge is 0.457 e. The quantitative estimate of drug-likeness (QED) is 0.0273. The van der Waals surface area contributed by atoms with Gasteiger partial charge in [0.15, 0.2) is 6.29 Å². The number of ether oxygens (including phenoxy) is 4. The van der Waals surface area contributed by atoms with Crippen LogP contribution >= 0.6 is 0 Å². The van der Waals surface area contributed by atoms with Gasteiger partial charge in [0.2, 0.25) is 0 Å². The molecule has 58 heavy (non-hydrogen) atoms. The molecule has 0 spiro atoms. The van der Waals surface area contributed by atoms with Crippen molar-refractivity contribution in [3.05, 3.63) is 72.9 Å². The van der Waals surface area contributed by atoms with Gasteiger partial charge in [0.1, 0.15) is 30.5 Å². The maximum Gasteiger partial charge on any atom is 0.306 e. The van der Waals surface area contributed by atoms with Gasteiger partial charge in [-0.2, -0.15) is 0 Å². The smallest absolute Gasteiger partial charge is 0.306 e. The molecular weight excluding hydrogens is 733 g/mol. The van der Waals surface area contributed by atoms with Crippen molar-refractivity contribution in [2.75, 3.05) is 26.4 Å². The Hall–Kier alpha value is -2.37. The number of unbranched alkanes of at least 4 members (excludes halogenated alkanes) is 15. The summed E-state index contributed by atoms with van der Waals surface area (Å²) in [7, 11) is 0. The highest BCUT2D eigenvalue weighted by atomic mass is 16.7. The summed E-state index contributed by atoms with van der Waals surface area (Å²) >= 11 is 0. The molecule has 1 saturated heterocycles. The van der Waals surface area contributed by atoms with Gasteiger partial charge in [0, 0.05) is 13.0 Å². The maximum atomic E-state index is 12.7. The summed E-state index contributed by atoms with van der Waals surface area (Å²) < 4.78 is 22.7. The molecule has 4 N–H and O–H groups in total. The van der Waals surface area contributed by atoms with E-state index in [1.54, 1.807) is 0 Å². The van der Waals surface area contributed by atoms with Crippen LogP contribution in [-0.4, -0.2) is 89.6 Å². The highest BCUT2D eigenvalue weighted by molar-refractivity contribution is 5.69. The standard InChI is InChI=1S/C49H84O9/c1-3-5-7-9-11-13-15-17-18-19-20-21-22-23-24-25-27-29-31-33-35-37-39-55-41-43(42-56-49-48(54)47(53)46(52)44(40-50)58-49)57-45(51)38-36-34-32-30-28-26-16-14-12-10-8-6-4-2/h6,8,12,14-15,17,19-20,26,28,32,34,43-44,46-50,52-54H,3-5,7,9-11,13,16,18,21-25,27,29-31,33,35-42H2,1-2H3/b8-6-,14-12-,17-15-,20-19-,28-26-,34-32-. The molecule has 6 unspecified atom stereocenters. The van der Waals surface area contributed by atoms with Gasteiger partial charge in [-0.1, -0.05) is 164 Å². The third-order valence-electron chi connectivity index (χ3n) is 10.1. The summed E-state index contributed by atoms with van der Waals surface area (Å²) in [5.41, 5.74) is 0. The van der Waals surface area contributed by atoms with Gasteiger partial charge in [-0.3, -0.25) is 4.79 Å². The molecule has 1 fully saturated rings. The van der Waals surface area contributed by atoms with Crippen molar-refractivity contribution >= 4 is 5.97 Å². The Kier molecular flexibility index (Phi) is 37.1. The lowest BCUT2D eigenvalue weighted by Gasteiger charge is -2.39. The zero-order chi connectivity index (χ0) is 42.2. The van der Waals surface area contributed by atoms with Crippen LogP contribution in [0.25, 0.3) is 0 Å². The second-order valence-corrected chi connectivity index (χ2v) is 15.5. The van der Waals surface area contributed by atoms with Crippen LogP contribution in [0.1, 0.15) is 168 Å². The van der Waals surface area contributed by atoms with Crippen molar-refractivity contribution < 1.29 is 44.2 Å². The number of aliphatic hydroxyl groups excluding tert-OH is 4. The number of rotatable bonds is 38. The fraction of sp³-hybridized carbons (Fsp3) is 0.735. The first-order valence-corrected chi connectivity index (χ1v) is 23.0. The van der Waals surface area contributed by atoms with E-state index in [4.69, 9.17) is 18.9 Å². The molecule has 0 aliphatic carbocycles. The molecule has 0 aromatic rings. The number of aliphatic hydroxyl groups is 4. The fourth-order valence-corrected chi connectivity index (χ4v) is 6.53. The molecule has 0 aromatic heterocycles. The first-order chi connectivity index (χ1) is 28.4. The monoisotopic (exact) mass is 817 g/mol. The molecule has 9 nitrogen and oxygen atoms in total. The van der Waals surface area contributed by atoms with Crippen molar-refractivity contribution in [3.63, 3.8) is 0 Å². The molecule has 9 heteroatoms. The Morgan fingerprint density at radius 2 is 1.05 bits per heavy atom. The Morgan fingerprint density at radius 1 is 0.569 bits per heavy atom. The number of esters is 1. The van der Waals surface area contributed by atoms with Crippen LogP contribution in [0, 0.1) is 0 Å². The van der Waals surface area contributed by atoms with E-state index in [0.717, 1.165) is 51.4 Å². The zero-order valence-electron chi connectivity index (χ0n) is 36.5. The topological polar surface area (TPSA) is 135 Å². The van der Waals surface area contributed by atoms with Gasteiger partial charge in [0.25, 0.3) is 0 Å². The Morgan fingerprint density at radius 3 is 1.59 bits per heavy atom. The number of allylic oxidation sites excluding steroid dienone is 12. The van der Waals surface area contributed by atoms with Crippen molar-refractivity contribution in [1.82, 2.24) is 0 Å². The lowest BCUT2D eigenvalue weighted by molar-refractivity contribution is -0.305. The van der Waals surface area contributed by atoms with E-state index in [0.29, 0.717) is 13.0 Å². The SMILES string of the molecule is CC/C=C\C/C=C\C/C=C\C/C=C\CCC(=O)OC(COCCCCCCCCCCCC/C=C\C/C=C\CCCCCCC)COC1OC(CO)C(O)C(O)C1O. The average Bonchev–Trinajstić information content (AvgIpc) is 3.22. The molecular formula is C49H84O9. The molecule has 334 valence electrons. The molecule has 0 radical (unpaired) electrons. The normalized spacial score (nSPS) is 21.0. The van der Waals surface area contributed by atoms with Crippen LogP contribution < -0.4 is 0 Å². The molecule has 1 aliphatic heterocycles.